The van der Waals surface area contributed by atoms with E-state index in [0.29, 0.717) is 6.61 Å². The van der Waals surface area contributed by atoms with Crippen LogP contribution in [0.3, 0.4) is 0 Å². The number of nitrogens with one attached hydrogen (secondary N) is 1. The van der Waals surface area contributed by atoms with Crippen LogP contribution in [0, 0.1) is 6.92 Å². The van der Waals surface area contributed by atoms with Crippen molar-refractivity contribution < 1.29 is 4.74 Å². The van der Waals surface area contributed by atoms with E-state index in [2.05, 4.69) is 83.6 Å². The van der Waals surface area contributed by atoms with Gasteiger partial charge in [-0.15, -0.1) is 0 Å². The first-order chi connectivity index (χ1) is 15.2. The summed E-state index contributed by atoms with van der Waals surface area (Å²) in [5, 5.41) is 6.02. The maximum atomic E-state index is 5.69. The molecule has 0 spiro atoms. The van der Waals surface area contributed by atoms with Crippen LogP contribution in [0.15, 0.2) is 54.7 Å². The molecule has 1 N–H and O–H groups in total. The number of para-hydroxylation sites is 1. The second kappa shape index (κ2) is 8.23. The molecule has 1 aliphatic heterocycles. The first-order valence-corrected chi connectivity index (χ1v) is 11.3. The minimum Gasteiger partial charge on any atom is -0.494 e. The molecule has 0 fully saturated rings. The lowest BCUT2D eigenvalue weighted by Crippen LogP contribution is -2.35. The summed E-state index contributed by atoms with van der Waals surface area (Å²) in [4.78, 5) is 6.34. The van der Waals surface area contributed by atoms with Gasteiger partial charge in [0.05, 0.1) is 18.3 Å². The van der Waals surface area contributed by atoms with Crippen LogP contribution in [-0.2, 0) is 19.5 Å². The van der Waals surface area contributed by atoms with Crippen molar-refractivity contribution in [3.63, 3.8) is 0 Å². The number of fused-ring (bicyclic) bond motifs is 3. The largest absolute Gasteiger partial charge is 0.494 e. The zero-order valence-corrected chi connectivity index (χ0v) is 18.6. The van der Waals surface area contributed by atoms with Gasteiger partial charge in [0.25, 0.3) is 0 Å². The van der Waals surface area contributed by atoms with Gasteiger partial charge in [0.1, 0.15) is 5.75 Å². The van der Waals surface area contributed by atoms with E-state index in [9.17, 15) is 0 Å². The van der Waals surface area contributed by atoms with Crippen molar-refractivity contribution in [2.24, 2.45) is 0 Å². The van der Waals surface area contributed by atoms with Gasteiger partial charge in [0, 0.05) is 48.0 Å². The number of aryl methyl sites for hydroxylation is 2. The molecule has 1 atom stereocenters. The molecular formula is C26H30N4O. The SMILES string of the molecule is CCOc1ccc([C@@H]2c3[nH]c4ccccc4c3CCN2Cc2cn(CC)nc2C)cc1. The smallest absolute Gasteiger partial charge is 0.119 e. The predicted octanol–water partition coefficient (Wildman–Crippen LogP) is 5.24. The fourth-order valence-electron chi connectivity index (χ4n) is 4.85. The molecule has 0 saturated heterocycles. The van der Waals surface area contributed by atoms with Crippen LogP contribution in [0.4, 0.5) is 0 Å². The summed E-state index contributed by atoms with van der Waals surface area (Å²) in [5.41, 5.74) is 7.70. The lowest BCUT2D eigenvalue weighted by molar-refractivity contribution is 0.201. The first kappa shape index (κ1) is 19.9. The van der Waals surface area contributed by atoms with Crippen molar-refractivity contribution in [2.45, 2.75) is 46.3 Å². The molecule has 160 valence electrons. The Hall–Kier alpha value is -3.05. The van der Waals surface area contributed by atoms with Gasteiger partial charge in [-0.25, -0.2) is 0 Å². The van der Waals surface area contributed by atoms with Gasteiger partial charge in [-0.2, -0.15) is 5.10 Å². The zero-order valence-electron chi connectivity index (χ0n) is 18.6. The van der Waals surface area contributed by atoms with Crippen LogP contribution in [0.5, 0.6) is 5.75 Å². The Kier molecular flexibility index (Phi) is 5.28. The van der Waals surface area contributed by atoms with Gasteiger partial charge < -0.3 is 9.72 Å². The molecule has 5 heteroatoms. The van der Waals surface area contributed by atoms with Gasteiger partial charge in [0.15, 0.2) is 0 Å². The summed E-state index contributed by atoms with van der Waals surface area (Å²) < 4.78 is 7.72. The van der Waals surface area contributed by atoms with Crippen LogP contribution in [0.1, 0.15) is 48.0 Å². The fraction of sp³-hybridized carbons (Fsp3) is 0.346. The molecule has 0 amide bonds. The molecule has 0 aliphatic carbocycles. The standard InChI is InChI=1S/C26H30N4O/c1-4-30-17-20(18(3)28-30)16-29-15-14-23-22-8-6-7-9-24(22)27-25(23)26(29)19-10-12-21(13-11-19)31-5-2/h6-13,17,26-27H,4-5,14-16H2,1-3H3/t26-/m1/s1. The lowest BCUT2D eigenvalue weighted by atomic mass is 9.92. The van der Waals surface area contributed by atoms with E-state index in [1.165, 1.54) is 33.3 Å². The average Bonchev–Trinajstić information content (AvgIpc) is 3.34. The molecule has 5 nitrogen and oxygen atoms in total. The van der Waals surface area contributed by atoms with Gasteiger partial charge in [0.2, 0.25) is 0 Å². The number of ether oxygens (including phenoxy) is 1. The molecule has 2 aromatic carbocycles. The molecule has 1 aliphatic rings. The Morgan fingerprint density at radius 3 is 2.65 bits per heavy atom. The number of hydrogen-bond donors (Lipinski definition) is 1. The Bertz CT molecular complexity index is 1190. The van der Waals surface area contributed by atoms with Crippen molar-refractivity contribution in [2.75, 3.05) is 13.2 Å². The van der Waals surface area contributed by atoms with Gasteiger partial charge in [-0.1, -0.05) is 30.3 Å². The molecule has 0 unspecified atom stereocenters. The van der Waals surface area contributed by atoms with Gasteiger partial charge in [-0.3, -0.25) is 9.58 Å². The van der Waals surface area contributed by atoms with E-state index in [1.54, 1.807) is 0 Å². The predicted molar refractivity (Wildman–Crippen MR) is 125 cm³/mol. The van der Waals surface area contributed by atoms with Crippen molar-refractivity contribution >= 4 is 10.9 Å². The summed E-state index contributed by atoms with van der Waals surface area (Å²) >= 11 is 0. The number of H-pyrrole nitrogens is 1. The van der Waals surface area contributed by atoms with E-state index < -0.39 is 0 Å². The minimum absolute atomic E-state index is 0.177. The average molecular weight is 415 g/mol. The monoisotopic (exact) mass is 414 g/mol. The van der Waals surface area contributed by atoms with E-state index in [-0.39, 0.29) is 6.04 Å². The number of aromatic nitrogens is 3. The van der Waals surface area contributed by atoms with Crippen LogP contribution < -0.4 is 4.74 Å². The Balaban J connectivity index is 1.57. The maximum Gasteiger partial charge on any atom is 0.119 e. The topological polar surface area (TPSA) is 46.1 Å². The normalized spacial score (nSPS) is 16.5. The fourth-order valence-corrected chi connectivity index (χ4v) is 4.85. The summed E-state index contributed by atoms with van der Waals surface area (Å²) in [6, 6.07) is 17.5. The number of nitrogens with zero attached hydrogens (tertiary/aromatic N) is 3. The Labute approximate surface area is 183 Å². The van der Waals surface area contributed by atoms with Crippen molar-refractivity contribution in [1.29, 1.82) is 0 Å². The molecule has 2 aromatic heterocycles. The highest BCUT2D eigenvalue weighted by atomic mass is 16.5. The quantitative estimate of drug-likeness (QED) is 0.469. The maximum absolute atomic E-state index is 5.69. The molecule has 31 heavy (non-hydrogen) atoms. The van der Waals surface area contributed by atoms with Crippen LogP contribution in [0.2, 0.25) is 0 Å². The molecule has 4 aromatic rings. The van der Waals surface area contributed by atoms with E-state index in [4.69, 9.17) is 4.74 Å². The zero-order chi connectivity index (χ0) is 21.4. The molecule has 0 radical (unpaired) electrons. The van der Waals surface area contributed by atoms with Gasteiger partial charge in [-0.05, 0) is 56.5 Å². The lowest BCUT2D eigenvalue weighted by Gasteiger charge is -2.36. The third kappa shape index (κ3) is 3.63. The highest BCUT2D eigenvalue weighted by Crippen LogP contribution is 2.39. The number of rotatable bonds is 6. The summed E-state index contributed by atoms with van der Waals surface area (Å²) in [5.74, 6) is 0.922. The first-order valence-electron chi connectivity index (χ1n) is 11.3. The molecule has 0 saturated carbocycles. The molecule has 5 rings (SSSR count). The number of aromatic amines is 1. The highest BCUT2D eigenvalue weighted by Gasteiger charge is 2.32. The van der Waals surface area contributed by atoms with E-state index in [1.807, 2.05) is 11.6 Å². The highest BCUT2D eigenvalue weighted by molar-refractivity contribution is 5.85. The van der Waals surface area contributed by atoms with Crippen molar-refractivity contribution in [3.8, 4) is 5.75 Å². The van der Waals surface area contributed by atoms with E-state index >= 15 is 0 Å². The van der Waals surface area contributed by atoms with Crippen LogP contribution >= 0.6 is 0 Å². The summed E-state index contributed by atoms with van der Waals surface area (Å²) in [6.45, 7) is 9.76. The third-order valence-corrected chi connectivity index (χ3v) is 6.39. The van der Waals surface area contributed by atoms with E-state index in [0.717, 1.165) is 37.5 Å². The Morgan fingerprint density at radius 2 is 1.90 bits per heavy atom. The Morgan fingerprint density at radius 1 is 1.10 bits per heavy atom. The molecular weight excluding hydrogens is 384 g/mol. The van der Waals surface area contributed by atoms with Crippen molar-refractivity contribution in [3.05, 3.63) is 82.8 Å². The second-order valence-electron chi connectivity index (χ2n) is 8.28. The van der Waals surface area contributed by atoms with Gasteiger partial charge >= 0.3 is 0 Å². The summed E-state index contributed by atoms with van der Waals surface area (Å²) in [6.07, 6.45) is 3.25. The number of hydrogen-bond acceptors (Lipinski definition) is 3. The van der Waals surface area contributed by atoms with Crippen molar-refractivity contribution in [1.82, 2.24) is 19.7 Å². The summed E-state index contributed by atoms with van der Waals surface area (Å²) in [7, 11) is 0. The third-order valence-electron chi connectivity index (χ3n) is 6.39. The van der Waals surface area contributed by atoms with Crippen LogP contribution in [0.25, 0.3) is 10.9 Å². The van der Waals surface area contributed by atoms with Crippen LogP contribution in [-0.4, -0.2) is 32.8 Å². The molecule has 0 bridgehead atoms. The number of benzene rings is 2. The minimum atomic E-state index is 0.177. The second-order valence-corrected chi connectivity index (χ2v) is 8.28. The molecule has 3 heterocycles.